The molecule has 3 N–H and O–H groups in total. The summed E-state index contributed by atoms with van der Waals surface area (Å²) in [6.07, 6.45) is 9.60. The third-order valence-corrected chi connectivity index (χ3v) is 5.16. The number of rotatable bonds is 12. The van der Waals surface area contributed by atoms with Gasteiger partial charge in [-0.2, -0.15) is 0 Å². The lowest BCUT2D eigenvalue weighted by Crippen LogP contribution is -2.26. The number of hydrogen-bond donors (Lipinski definition) is 3. The second kappa shape index (κ2) is 11.1. The number of hydrogen-bond acceptors (Lipinski definition) is 4. The van der Waals surface area contributed by atoms with Gasteiger partial charge in [0.15, 0.2) is 0 Å². The second-order valence-electron chi connectivity index (χ2n) is 7.03. The number of unbranched alkanes of at least 4 members (excludes halogenated alkanes) is 5. The Morgan fingerprint density at radius 1 is 1.12 bits per heavy atom. The molecule has 1 unspecified atom stereocenters. The maximum Gasteiger partial charge on any atom is 0.469 e. The highest BCUT2D eigenvalue weighted by Gasteiger charge is 2.28. The normalized spacial score (nSPS) is 20.4. The van der Waals surface area contributed by atoms with E-state index in [1.54, 1.807) is 0 Å². The number of ether oxygens (including phenoxy) is 1. The fourth-order valence-electron chi connectivity index (χ4n) is 3.22. The average Bonchev–Trinajstić information content (AvgIpc) is 3.04. The molecule has 0 aromatic heterocycles. The summed E-state index contributed by atoms with van der Waals surface area (Å²) >= 11 is 0. The summed E-state index contributed by atoms with van der Waals surface area (Å²) in [7, 11) is -4.41. The van der Waals surface area contributed by atoms with Crippen LogP contribution in [-0.4, -0.2) is 35.1 Å². The number of phosphoric ester groups is 1. The van der Waals surface area contributed by atoms with Crippen LogP contribution < -0.4 is 10.1 Å². The Balaban J connectivity index is 1.65. The minimum Gasteiger partial charge on any atom is -0.489 e. The molecule has 0 aliphatic carbocycles. The zero-order valence-electron chi connectivity index (χ0n) is 15.6. The van der Waals surface area contributed by atoms with Gasteiger partial charge in [-0.3, -0.25) is 4.52 Å². The summed E-state index contributed by atoms with van der Waals surface area (Å²) in [6, 6.07) is 8.16. The molecule has 148 valence electrons. The van der Waals surface area contributed by atoms with E-state index in [1.165, 1.54) is 44.1 Å². The molecular formula is C19H32NO5P. The lowest BCUT2D eigenvalue weighted by atomic mass is 10.0. The Morgan fingerprint density at radius 2 is 1.81 bits per heavy atom. The van der Waals surface area contributed by atoms with Crippen molar-refractivity contribution in [1.82, 2.24) is 5.32 Å². The van der Waals surface area contributed by atoms with Crippen LogP contribution in [0.2, 0.25) is 0 Å². The lowest BCUT2D eigenvalue weighted by molar-refractivity contribution is 0.173. The van der Waals surface area contributed by atoms with E-state index in [2.05, 4.69) is 28.9 Å². The van der Waals surface area contributed by atoms with Crippen molar-refractivity contribution >= 4 is 7.82 Å². The third-order valence-electron chi connectivity index (χ3n) is 4.67. The summed E-state index contributed by atoms with van der Waals surface area (Å²) in [5.41, 5.74) is 1.34. The largest absolute Gasteiger partial charge is 0.489 e. The SMILES string of the molecule is CCCCCCCCc1ccc(OC2CN[C@H](COP(=O)(O)O)C2)cc1. The summed E-state index contributed by atoms with van der Waals surface area (Å²) in [5, 5.41) is 3.17. The molecule has 2 rings (SSSR count). The predicted octanol–water partition coefficient (Wildman–Crippen LogP) is 3.81. The minimum atomic E-state index is -4.41. The van der Waals surface area contributed by atoms with E-state index in [0.29, 0.717) is 13.0 Å². The van der Waals surface area contributed by atoms with E-state index >= 15 is 0 Å². The number of benzene rings is 1. The molecule has 0 amide bonds. The van der Waals surface area contributed by atoms with E-state index in [1.807, 2.05) is 12.1 Å². The fourth-order valence-corrected chi connectivity index (χ4v) is 3.60. The van der Waals surface area contributed by atoms with E-state index in [-0.39, 0.29) is 18.8 Å². The first kappa shape index (κ1) is 21.4. The molecule has 6 nitrogen and oxygen atoms in total. The Morgan fingerprint density at radius 3 is 2.50 bits per heavy atom. The number of aryl methyl sites for hydroxylation is 1. The van der Waals surface area contributed by atoms with Crippen molar-refractivity contribution in [3.63, 3.8) is 0 Å². The van der Waals surface area contributed by atoms with Crippen molar-refractivity contribution in [1.29, 1.82) is 0 Å². The molecule has 0 spiro atoms. The van der Waals surface area contributed by atoms with Gasteiger partial charge in [-0.25, -0.2) is 4.57 Å². The average molecular weight is 385 g/mol. The molecule has 7 heteroatoms. The van der Waals surface area contributed by atoms with Crippen molar-refractivity contribution in [2.75, 3.05) is 13.2 Å². The standard InChI is InChI=1S/C19H32NO5P/c1-2-3-4-5-6-7-8-16-9-11-18(12-10-16)25-19-13-17(20-14-19)15-24-26(21,22)23/h9-12,17,19-20H,2-8,13-15H2,1H3,(H2,21,22,23)/t17-,19?/m0/s1. The van der Waals surface area contributed by atoms with Crippen LogP contribution in [0.3, 0.4) is 0 Å². The molecule has 0 radical (unpaired) electrons. The zero-order valence-corrected chi connectivity index (χ0v) is 16.5. The van der Waals surface area contributed by atoms with E-state index in [9.17, 15) is 4.57 Å². The molecule has 26 heavy (non-hydrogen) atoms. The highest BCUT2D eigenvalue weighted by molar-refractivity contribution is 7.46. The van der Waals surface area contributed by atoms with Gasteiger partial charge in [-0.1, -0.05) is 51.2 Å². The molecule has 2 atom stereocenters. The van der Waals surface area contributed by atoms with Crippen LogP contribution >= 0.6 is 7.82 Å². The third kappa shape index (κ3) is 8.65. The maximum atomic E-state index is 10.7. The Bertz CT molecular complexity index is 560. The first-order valence-corrected chi connectivity index (χ1v) is 11.2. The molecule has 0 saturated carbocycles. The molecule has 1 aromatic rings. The van der Waals surface area contributed by atoms with Gasteiger partial charge in [0.05, 0.1) is 6.61 Å². The van der Waals surface area contributed by atoms with Gasteiger partial charge in [0.1, 0.15) is 11.9 Å². The van der Waals surface area contributed by atoms with Gasteiger partial charge in [0.25, 0.3) is 0 Å². The molecule has 1 heterocycles. The molecule has 1 aliphatic heterocycles. The van der Waals surface area contributed by atoms with Gasteiger partial charge < -0.3 is 19.8 Å². The monoisotopic (exact) mass is 385 g/mol. The van der Waals surface area contributed by atoms with Gasteiger partial charge in [0, 0.05) is 19.0 Å². The first-order valence-electron chi connectivity index (χ1n) is 9.65. The Labute approximate surface area is 156 Å². The van der Waals surface area contributed by atoms with Gasteiger partial charge in [0.2, 0.25) is 0 Å². The van der Waals surface area contributed by atoms with Crippen molar-refractivity contribution < 1.29 is 23.6 Å². The molecular weight excluding hydrogens is 353 g/mol. The molecule has 1 saturated heterocycles. The summed E-state index contributed by atoms with van der Waals surface area (Å²) in [4.78, 5) is 17.5. The van der Waals surface area contributed by atoms with Crippen LogP contribution in [0.5, 0.6) is 5.75 Å². The van der Waals surface area contributed by atoms with E-state index in [4.69, 9.17) is 14.5 Å². The van der Waals surface area contributed by atoms with Gasteiger partial charge in [-0.05, 0) is 30.5 Å². The molecule has 1 aromatic carbocycles. The lowest BCUT2D eigenvalue weighted by Gasteiger charge is -2.14. The first-order chi connectivity index (χ1) is 12.5. The van der Waals surface area contributed by atoms with Crippen LogP contribution in [0.4, 0.5) is 0 Å². The predicted molar refractivity (Wildman–Crippen MR) is 102 cm³/mol. The topological polar surface area (TPSA) is 88.0 Å². The van der Waals surface area contributed by atoms with Crippen LogP contribution in [0, 0.1) is 0 Å². The minimum absolute atomic E-state index is 0.00946. The van der Waals surface area contributed by atoms with E-state index in [0.717, 1.165) is 12.2 Å². The van der Waals surface area contributed by atoms with Crippen LogP contribution in [-0.2, 0) is 15.5 Å². The van der Waals surface area contributed by atoms with Crippen molar-refractivity contribution in [2.24, 2.45) is 0 Å². The van der Waals surface area contributed by atoms with Crippen LogP contribution in [0.15, 0.2) is 24.3 Å². The Hall–Kier alpha value is -0.910. The highest BCUT2D eigenvalue weighted by atomic mass is 31.2. The van der Waals surface area contributed by atoms with Crippen LogP contribution in [0.1, 0.15) is 57.4 Å². The summed E-state index contributed by atoms with van der Waals surface area (Å²) < 4.78 is 21.2. The maximum absolute atomic E-state index is 10.7. The molecule has 1 fully saturated rings. The summed E-state index contributed by atoms with van der Waals surface area (Å²) in [6.45, 7) is 2.87. The van der Waals surface area contributed by atoms with Crippen molar-refractivity contribution in [3.05, 3.63) is 29.8 Å². The molecule has 0 bridgehead atoms. The summed E-state index contributed by atoms with van der Waals surface area (Å²) in [5.74, 6) is 0.833. The van der Waals surface area contributed by atoms with Crippen molar-refractivity contribution in [2.45, 2.75) is 70.4 Å². The van der Waals surface area contributed by atoms with Gasteiger partial charge in [-0.15, -0.1) is 0 Å². The quantitative estimate of drug-likeness (QED) is 0.375. The second-order valence-corrected chi connectivity index (χ2v) is 8.27. The van der Waals surface area contributed by atoms with Gasteiger partial charge >= 0.3 is 7.82 Å². The smallest absolute Gasteiger partial charge is 0.469 e. The van der Waals surface area contributed by atoms with Crippen molar-refractivity contribution in [3.8, 4) is 5.75 Å². The zero-order chi connectivity index (χ0) is 18.8. The van der Waals surface area contributed by atoms with Crippen LogP contribution in [0.25, 0.3) is 0 Å². The fraction of sp³-hybridized carbons (Fsp3) is 0.684. The highest BCUT2D eigenvalue weighted by Crippen LogP contribution is 2.36. The Kier molecular flexibility index (Phi) is 9.09. The number of phosphoric acid groups is 1. The molecule has 1 aliphatic rings. The van der Waals surface area contributed by atoms with E-state index < -0.39 is 7.82 Å². The number of nitrogens with one attached hydrogen (secondary N) is 1.